The fourth-order valence-corrected chi connectivity index (χ4v) is 6.06. The largest absolute Gasteiger partial charge is 0.493 e. The second kappa shape index (κ2) is 8.32. The Balaban J connectivity index is 1.54. The molecule has 1 fully saturated rings. The molecule has 172 valence electrons. The second-order valence-electron chi connectivity index (χ2n) is 9.51. The predicted molar refractivity (Wildman–Crippen MR) is 135 cm³/mol. The van der Waals surface area contributed by atoms with E-state index in [0.717, 1.165) is 46.7 Å². The van der Waals surface area contributed by atoms with Crippen molar-refractivity contribution in [3.05, 3.63) is 71.4 Å². The first kappa shape index (κ1) is 21.0. The Labute approximate surface area is 199 Å². The topological polar surface area (TPSA) is 60.5 Å². The first-order valence-electron chi connectivity index (χ1n) is 12.0. The molecule has 0 aliphatic heterocycles. The number of amides is 1. The zero-order chi connectivity index (χ0) is 23.2. The van der Waals surface area contributed by atoms with E-state index in [4.69, 9.17) is 14.5 Å². The number of benzene rings is 3. The fraction of sp³-hybridized carbons (Fsp3) is 0.310. The highest BCUT2D eigenvalue weighted by Crippen LogP contribution is 2.47. The third-order valence-electron chi connectivity index (χ3n) is 7.72. The Morgan fingerprint density at radius 2 is 1.56 bits per heavy atom. The van der Waals surface area contributed by atoms with E-state index in [0.29, 0.717) is 17.0 Å². The molecule has 2 unspecified atom stereocenters. The number of nitrogens with one attached hydrogen (secondary N) is 1. The van der Waals surface area contributed by atoms with Crippen molar-refractivity contribution in [3.63, 3.8) is 0 Å². The Hall–Kier alpha value is -3.60. The summed E-state index contributed by atoms with van der Waals surface area (Å²) >= 11 is 0. The smallest absolute Gasteiger partial charge is 0.255 e. The highest BCUT2D eigenvalue weighted by atomic mass is 16.5. The fourth-order valence-electron chi connectivity index (χ4n) is 6.06. The maximum Gasteiger partial charge on any atom is 0.255 e. The number of methoxy groups -OCH3 is 2. The number of aromatic nitrogens is 1. The summed E-state index contributed by atoms with van der Waals surface area (Å²) in [6, 6.07) is 15.5. The van der Waals surface area contributed by atoms with Gasteiger partial charge in [-0.15, -0.1) is 0 Å². The molecule has 3 aromatic carbocycles. The molecule has 1 N–H and O–H groups in total. The molecule has 2 atom stereocenters. The zero-order valence-electron chi connectivity index (χ0n) is 19.6. The van der Waals surface area contributed by atoms with E-state index < -0.39 is 0 Å². The third kappa shape index (κ3) is 3.38. The van der Waals surface area contributed by atoms with Crippen molar-refractivity contribution in [1.29, 1.82) is 0 Å². The SMILES string of the molecule is COc1cc2c3c(c4ncc(NC(=O)c5ccccc5)cc4c2cc1OC)CC1CCCC1C3. The monoisotopic (exact) mass is 452 g/mol. The third-order valence-corrected chi connectivity index (χ3v) is 7.72. The number of nitrogens with zero attached hydrogens (tertiary/aromatic N) is 1. The van der Waals surface area contributed by atoms with Gasteiger partial charge in [0.25, 0.3) is 5.91 Å². The molecule has 2 aliphatic rings. The number of fused-ring (bicyclic) bond motifs is 7. The number of hydrogen-bond acceptors (Lipinski definition) is 4. The molecule has 1 aromatic heterocycles. The van der Waals surface area contributed by atoms with Crippen molar-refractivity contribution in [1.82, 2.24) is 4.98 Å². The standard InChI is InChI=1S/C29H28N2O3/c1-33-26-14-22-21-11-18-9-6-10-19(18)12-24(21)28-25(23(22)15-27(26)34-2)13-20(16-30-28)31-29(32)17-7-4-3-5-8-17/h3-5,7-8,13-16,18-19H,6,9-12H2,1-2H3,(H,31,32). The molecule has 5 heteroatoms. The molecule has 0 bridgehead atoms. The summed E-state index contributed by atoms with van der Waals surface area (Å²) in [5.41, 5.74) is 5.11. The lowest BCUT2D eigenvalue weighted by molar-refractivity contribution is 0.102. The quantitative estimate of drug-likeness (QED) is 0.376. The summed E-state index contributed by atoms with van der Waals surface area (Å²) in [6.45, 7) is 0. The molecule has 0 spiro atoms. The van der Waals surface area contributed by atoms with Crippen LogP contribution >= 0.6 is 0 Å². The summed E-state index contributed by atoms with van der Waals surface area (Å²) in [4.78, 5) is 17.7. The molecule has 1 heterocycles. The molecule has 1 amide bonds. The highest BCUT2D eigenvalue weighted by Gasteiger charge is 2.34. The minimum atomic E-state index is -0.142. The van der Waals surface area contributed by atoms with Gasteiger partial charge in [-0.3, -0.25) is 9.78 Å². The Kier molecular flexibility index (Phi) is 5.13. The molecule has 0 radical (unpaired) electrons. The van der Waals surface area contributed by atoms with Gasteiger partial charge in [0, 0.05) is 10.9 Å². The van der Waals surface area contributed by atoms with Crippen LogP contribution in [0.2, 0.25) is 0 Å². The maximum atomic E-state index is 12.8. The summed E-state index contributed by atoms with van der Waals surface area (Å²) in [5.74, 6) is 2.80. The number of pyridine rings is 1. The molecule has 5 nitrogen and oxygen atoms in total. The van der Waals surface area contributed by atoms with E-state index in [1.165, 1.54) is 35.8 Å². The molecule has 4 aromatic rings. The van der Waals surface area contributed by atoms with Crippen molar-refractivity contribution < 1.29 is 14.3 Å². The van der Waals surface area contributed by atoms with Gasteiger partial charge in [-0.2, -0.15) is 0 Å². The van der Waals surface area contributed by atoms with Gasteiger partial charge in [-0.05, 0) is 89.8 Å². The summed E-state index contributed by atoms with van der Waals surface area (Å²) in [6.07, 6.45) is 7.89. The van der Waals surface area contributed by atoms with Crippen molar-refractivity contribution in [2.45, 2.75) is 32.1 Å². The Bertz CT molecular complexity index is 1410. The van der Waals surface area contributed by atoms with Crippen molar-refractivity contribution in [2.75, 3.05) is 19.5 Å². The summed E-state index contributed by atoms with van der Waals surface area (Å²) < 4.78 is 11.3. The molecule has 1 saturated carbocycles. The lowest BCUT2D eigenvalue weighted by Gasteiger charge is -2.30. The molecule has 0 saturated heterocycles. The Morgan fingerprint density at radius 3 is 2.26 bits per heavy atom. The highest BCUT2D eigenvalue weighted by molar-refractivity contribution is 6.12. The van der Waals surface area contributed by atoms with E-state index in [2.05, 4.69) is 23.5 Å². The van der Waals surface area contributed by atoms with Crippen LogP contribution in [0.15, 0.2) is 54.7 Å². The lowest BCUT2D eigenvalue weighted by atomic mass is 9.75. The van der Waals surface area contributed by atoms with E-state index >= 15 is 0 Å². The maximum absolute atomic E-state index is 12.8. The van der Waals surface area contributed by atoms with Crippen molar-refractivity contribution >= 4 is 33.3 Å². The predicted octanol–water partition coefficient (Wildman–Crippen LogP) is 6.17. The van der Waals surface area contributed by atoms with Crippen LogP contribution in [-0.2, 0) is 12.8 Å². The van der Waals surface area contributed by atoms with Crippen LogP contribution in [0.3, 0.4) is 0 Å². The van der Waals surface area contributed by atoms with Crippen molar-refractivity contribution in [2.24, 2.45) is 11.8 Å². The minimum absolute atomic E-state index is 0.142. The molecule has 2 aliphatic carbocycles. The minimum Gasteiger partial charge on any atom is -0.493 e. The lowest BCUT2D eigenvalue weighted by Crippen LogP contribution is -2.21. The van der Waals surface area contributed by atoms with Crippen LogP contribution in [0, 0.1) is 11.8 Å². The van der Waals surface area contributed by atoms with Gasteiger partial charge in [-0.25, -0.2) is 0 Å². The van der Waals surface area contributed by atoms with Crippen LogP contribution in [-0.4, -0.2) is 25.1 Å². The number of anilines is 1. The van der Waals surface area contributed by atoms with E-state index in [1.807, 2.05) is 30.3 Å². The number of carbonyl (C=O) groups is 1. The van der Waals surface area contributed by atoms with E-state index in [9.17, 15) is 4.79 Å². The molecule has 6 rings (SSSR count). The normalized spacial score (nSPS) is 19.0. The molecular weight excluding hydrogens is 424 g/mol. The van der Waals surface area contributed by atoms with Gasteiger partial charge in [-0.1, -0.05) is 24.6 Å². The van der Waals surface area contributed by atoms with Gasteiger partial charge in [0.2, 0.25) is 0 Å². The van der Waals surface area contributed by atoms with Crippen LogP contribution in [0.25, 0.3) is 21.7 Å². The van der Waals surface area contributed by atoms with Gasteiger partial charge in [0.15, 0.2) is 11.5 Å². The number of carbonyl (C=O) groups excluding carboxylic acids is 1. The van der Waals surface area contributed by atoms with Gasteiger partial charge in [0.05, 0.1) is 31.6 Å². The molecular formula is C29H28N2O3. The number of ether oxygens (including phenoxy) is 2. The van der Waals surface area contributed by atoms with Gasteiger partial charge >= 0.3 is 0 Å². The number of rotatable bonds is 4. The second-order valence-corrected chi connectivity index (χ2v) is 9.51. The van der Waals surface area contributed by atoms with Gasteiger partial charge < -0.3 is 14.8 Å². The summed E-state index contributed by atoms with van der Waals surface area (Å²) in [5, 5.41) is 6.36. The van der Waals surface area contributed by atoms with Gasteiger partial charge in [0.1, 0.15) is 0 Å². The first-order chi connectivity index (χ1) is 16.7. The first-order valence-corrected chi connectivity index (χ1v) is 12.0. The van der Waals surface area contributed by atoms with E-state index in [1.54, 1.807) is 20.4 Å². The zero-order valence-corrected chi connectivity index (χ0v) is 19.6. The van der Waals surface area contributed by atoms with Crippen LogP contribution < -0.4 is 14.8 Å². The average molecular weight is 453 g/mol. The average Bonchev–Trinajstić information content (AvgIpc) is 3.35. The van der Waals surface area contributed by atoms with Crippen LogP contribution in [0.5, 0.6) is 11.5 Å². The Morgan fingerprint density at radius 1 is 0.882 bits per heavy atom. The van der Waals surface area contributed by atoms with Crippen LogP contribution in [0.1, 0.15) is 40.7 Å². The number of hydrogen-bond donors (Lipinski definition) is 1. The van der Waals surface area contributed by atoms with E-state index in [-0.39, 0.29) is 5.91 Å². The van der Waals surface area contributed by atoms with Crippen LogP contribution in [0.4, 0.5) is 5.69 Å². The molecule has 34 heavy (non-hydrogen) atoms. The van der Waals surface area contributed by atoms with Crippen molar-refractivity contribution in [3.8, 4) is 11.5 Å². The summed E-state index contributed by atoms with van der Waals surface area (Å²) in [7, 11) is 3.35.